The Morgan fingerprint density at radius 2 is 1.60 bits per heavy atom. The SMILES string of the molecule is CCCCCC([CH][CH][CH]C(C)=O)(CCCCC)OC=O. The average molecular weight is 281 g/mol. The Balaban J connectivity index is 4.52. The number of ether oxygens (including phenoxy) is 1. The Labute approximate surface area is 124 Å². The molecule has 0 aliphatic rings. The van der Waals surface area contributed by atoms with E-state index in [0.29, 0.717) is 6.47 Å². The van der Waals surface area contributed by atoms with E-state index >= 15 is 0 Å². The molecular formula is C17H29O3. The summed E-state index contributed by atoms with van der Waals surface area (Å²) in [4.78, 5) is 21.8. The van der Waals surface area contributed by atoms with E-state index in [4.69, 9.17) is 4.74 Å². The summed E-state index contributed by atoms with van der Waals surface area (Å²) in [7, 11) is 0. The predicted octanol–water partition coefficient (Wildman–Crippen LogP) is 4.26. The Kier molecular flexibility index (Phi) is 11.4. The van der Waals surface area contributed by atoms with Gasteiger partial charge >= 0.3 is 0 Å². The first-order chi connectivity index (χ1) is 9.60. The molecule has 0 aliphatic heterocycles. The molecule has 0 saturated heterocycles. The van der Waals surface area contributed by atoms with E-state index in [2.05, 4.69) is 13.8 Å². The Morgan fingerprint density at radius 1 is 1.05 bits per heavy atom. The summed E-state index contributed by atoms with van der Waals surface area (Å²) in [5.74, 6) is 0.00312. The highest BCUT2D eigenvalue weighted by Gasteiger charge is 2.31. The first-order valence-electron chi connectivity index (χ1n) is 7.74. The van der Waals surface area contributed by atoms with Gasteiger partial charge < -0.3 is 4.74 Å². The van der Waals surface area contributed by atoms with Crippen molar-refractivity contribution in [2.75, 3.05) is 0 Å². The maximum Gasteiger partial charge on any atom is 0.293 e. The molecule has 0 aliphatic carbocycles. The third kappa shape index (κ3) is 9.11. The van der Waals surface area contributed by atoms with Gasteiger partial charge in [-0.05, 0) is 39.0 Å². The minimum absolute atomic E-state index is 0.00312. The van der Waals surface area contributed by atoms with Gasteiger partial charge in [0.1, 0.15) is 11.4 Å². The maximum absolute atomic E-state index is 11.0. The zero-order chi connectivity index (χ0) is 15.3. The van der Waals surface area contributed by atoms with Gasteiger partial charge in [-0.1, -0.05) is 39.5 Å². The summed E-state index contributed by atoms with van der Waals surface area (Å²) in [5, 5.41) is 0. The molecular weight excluding hydrogens is 252 g/mol. The number of hydrogen-bond donors (Lipinski definition) is 0. The lowest BCUT2D eigenvalue weighted by molar-refractivity contribution is -0.141. The molecule has 3 nitrogen and oxygen atoms in total. The van der Waals surface area contributed by atoms with E-state index in [1.54, 1.807) is 6.42 Å². The minimum atomic E-state index is -0.544. The zero-order valence-corrected chi connectivity index (χ0v) is 13.2. The summed E-state index contributed by atoms with van der Waals surface area (Å²) in [6.45, 7) is 6.36. The van der Waals surface area contributed by atoms with Crippen LogP contribution in [-0.4, -0.2) is 17.9 Å². The Hall–Kier alpha value is -0.860. The Morgan fingerprint density at radius 3 is 2.00 bits per heavy atom. The highest BCUT2D eigenvalue weighted by atomic mass is 16.5. The van der Waals surface area contributed by atoms with Crippen molar-refractivity contribution in [3.8, 4) is 0 Å². The molecule has 115 valence electrons. The monoisotopic (exact) mass is 281 g/mol. The summed E-state index contributed by atoms with van der Waals surface area (Å²) >= 11 is 0. The van der Waals surface area contributed by atoms with Gasteiger partial charge in [-0.15, -0.1) is 0 Å². The number of unbranched alkanes of at least 4 members (excludes halogenated alkanes) is 4. The van der Waals surface area contributed by atoms with Crippen LogP contribution in [0.25, 0.3) is 0 Å². The van der Waals surface area contributed by atoms with Crippen LogP contribution in [0.3, 0.4) is 0 Å². The number of carbonyl (C=O) groups excluding carboxylic acids is 2. The van der Waals surface area contributed by atoms with Crippen molar-refractivity contribution in [2.45, 2.75) is 77.7 Å². The van der Waals surface area contributed by atoms with Crippen molar-refractivity contribution >= 4 is 12.3 Å². The third-order valence-electron chi connectivity index (χ3n) is 3.42. The average Bonchev–Trinajstić information content (AvgIpc) is 2.39. The molecule has 0 atom stereocenters. The molecule has 3 heteroatoms. The van der Waals surface area contributed by atoms with Gasteiger partial charge in [-0.2, -0.15) is 0 Å². The van der Waals surface area contributed by atoms with Crippen molar-refractivity contribution in [1.82, 2.24) is 0 Å². The molecule has 0 amide bonds. The lowest BCUT2D eigenvalue weighted by Gasteiger charge is -2.32. The van der Waals surface area contributed by atoms with Gasteiger partial charge in [0.05, 0.1) is 0 Å². The van der Waals surface area contributed by atoms with Crippen LogP contribution < -0.4 is 0 Å². The van der Waals surface area contributed by atoms with E-state index in [9.17, 15) is 9.59 Å². The van der Waals surface area contributed by atoms with Crippen molar-refractivity contribution < 1.29 is 14.3 Å². The summed E-state index contributed by atoms with van der Waals surface area (Å²) in [6, 6.07) is 0. The normalized spacial score (nSPS) is 11.3. The van der Waals surface area contributed by atoms with E-state index in [-0.39, 0.29) is 5.78 Å². The molecule has 0 fully saturated rings. The molecule has 0 spiro atoms. The molecule has 3 radical (unpaired) electrons. The number of hydrogen-bond acceptors (Lipinski definition) is 3. The second-order valence-corrected chi connectivity index (χ2v) is 5.33. The predicted molar refractivity (Wildman–Crippen MR) is 81.7 cm³/mol. The fourth-order valence-electron chi connectivity index (χ4n) is 2.25. The molecule has 0 aromatic carbocycles. The van der Waals surface area contributed by atoms with Crippen LogP contribution in [0.2, 0.25) is 0 Å². The first kappa shape index (κ1) is 19.1. The number of carbonyl (C=O) groups is 2. The molecule has 0 aromatic rings. The topological polar surface area (TPSA) is 43.4 Å². The van der Waals surface area contributed by atoms with E-state index in [1.807, 2.05) is 6.42 Å². The number of ketones is 1. The quantitative estimate of drug-likeness (QED) is 0.353. The third-order valence-corrected chi connectivity index (χ3v) is 3.42. The van der Waals surface area contributed by atoms with Crippen LogP contribution in [0.1, 0.15) is 72.1 Å². The number of rotatable bonds is 14. The van der Waals surface area contributed by atoms with Gasteiger partial charge in [0, 0.05) is 12.8 Å². The van der Waals surface area contributed by atoms with Crippen LogP contribution in [0.4, 0.5) is 0 Å². The molecule has 0 bridgehead atoms. The van der Waals surface area contributed by atoms with Crippen molar-refractivity contribution in [2.24, 2.45) is 0 Å². The summed E-state index contributed by atoms with van der Waals surface area (Å²) in [5.41, 5.74) is -0.544. The fourth-order valence-corrected chi connectivity index (χ4v) is 2.25. The van der Waals surface area contributed by atoms with Crippen LogP contribution in [0.15, 0.2) is 0 Å². The van der Waals surface area contributed by atoms with Crippen LogP contribution >= 0.6 is 0 Å². The summed E-state index contributed by atoms with van der Waals surface area (Å²) < 4.78 is 5.41. The standard InChI is InChI=1S/C17H29O3/c1-4-6-8-12-17(20-15-18,13-9-7-5-2)14-10-11-16(3)19/h10-11,14-15H,4-9,12-13H2,1-3H3. The smallest absolute Gasteiger partial charge is 0.293 e. The molecule has 20 heavy (non-hydrogen) atoms. The number of Topliss-reactive ketones (excluding diaryl/α,β-unsaturated/α-hetero) is 1. The molecule has 0 N–H and O–H groups in total. The van der Waals surface area contributed by atoms with Crippen molar-refractivity contribution in [1.29, 1.82) is 0 Å². The van der Waals surface area contributed by atoms with Crippen LogP contribution in [0, 0.1) is 19.3 Å². The lowest BCUT2D eigenvalue weighted by atomic mass is 9.85. The molecule has 0 rings (SSSR count). The van der Waals surface area contributed by atoms with E-state index in [1.165, 1.54) is 13.3 Å². The molecule has 0 aromatic heterocycles. The van der Waals surface area contributed by atoms with E-state index < -0.39 is 5.60 Å². The highest BCUT2D eigenvalue weighted by molar-refractivity contribution is 5.86. The summed E-state index contributed by atoms with van der Waals surface area (Å²) in [6.07, 6.45) is 13.4. The highest BCUT2D eigenvalue weighted by Crippen LogP contribution is 2.30. The van der Waals surface area contributed by atoms with Crippen molar-refractivity contribution in [3.63, 3.8) is 0 Å². The van der Waals surface area contributed by atoms with Crippen molar-refractivity contribution in [3.05, 3.63) is 19.3 Å². The van der Waals surface area contributed by atoms with Crippen LogP contribution in [-0.2, 0) is 14.3 Å². The molecule has 0 unspecified atom stereocenters. The molecule has 0 heterocycles. The first-order valence-corrected chi connectivity index (χ1v) is 7.74. The second kappa shape index (κ2) is 11.9. The second-order valence-electron chi connectivity index (χ2n) is 5.33. The van der Waals surface area contributed by atoms with Gasteiger partial charge in [-0.25, -0.2) is 0 Å². The van der Waals surface area contributed by atoms with Gasteiger partial charge in [-0.3, -0.25) is 9.59 Å². The fraction of sp³-hybridized carbons (Fsp3) is 0.706. The Bertz CT molecular complexity index is 251. The van der Waals surface area contributed by atoms with Gasteiger partial charge in [0.15, 0.2) is 0 Å². The maximum atomic E-state index is 11.0. The molecule has 0 saturated carbocycles. The van der Waals surface area contributed by atoms with Crippen LogP contribution in [0.5, 0.6) is 0 Å². The largest absolute Gasteiger partial charge is 0.461 e. The van der Waals surface area contributed by atoms with E-state index in [0.717, 1.165) is 51.4 Å². The lowest BCUT2D eigenvalue weighted by Crippen LogP contribution is -2.33. The zero-order valence-electron chi connectivity index (χ0n) is 13.2. The van der Waals surface area contributed by atoms with Gasteiger partial charge in [0.25, 0.3) is 6.47 Å². The minimum Gasteiger partial charge on any atom is -0.461 e. The van der Waals surface area contributed by atoms with Gasteiger partial charge in [0.2, 0.25) is 0 Å².